The summed E-state index contributed by atoms with van der Waals surface area (Å²) in [4.78, 5) is 32.9. The van der Waals surface area contributed by atoms with E-state index in [1.807, 2.05) is 66.4 Å². The summed E-state index contributed by atoms with van der Waals surface area (Å²) in [7, 11) is 0. The number of carbonyl (C=O) groups is 2. The fraction of sp³-hybridized carbons (Fsp3) is 0.360. The molecular formula is C25H27N5O2. The Morgan fingerprint density at radius 1 is 1.03 bits per heavy atom. The Balaban J connectivity index is 1.35. The fourth-order valence-electron chi connectivity index (χ4n) is 5.12. The van der Waals surface area contributed by atoms with E-state index in [-0.39, 0.29) is 17.9 Å². The number of H-pyrrole nitrogens is 1. The summed E-state index contributed by atoms with van der Waals surface area (Å²) in [5.74, 6) is 1.60. The van der Waals surface area contributed by atoms with Crippen molar-refractivity contribution < 1.29 is 9.59 Å². The standard InChI is InChI=1S/C25H27N5O2/c1-16-26-23(29-28-16)17-11-13-20(14-12-17)27-24(31)22-15-19-9-5-6-10-21(19)30(22)25(32)18-7-3-2-4-8-18/h2-4,7-8,11-14,19,21-22H,5-6,9-10,15H2,1H3,(H,27,31)(H,26,28,29). The van der Waals surface area contributed by atoms with Gasteiger partial charge in [0.1, 0.15) is 11.9 Å². The summed E-state index contributed by atoms with van der Waals surface area (Å²) in [6.07, 6.45) is 5.06. The number of hydrogen-bond acceptors (Lipinski definition) is 4. The minimum Gasteiger partial charge on any atom is -0.324 e. The molecule has 0 spiro atoms. The van der Waals surface area contributed by atoms with E-state index in [2.05, 4.69) is 20.5 Å². The maximum atomic E-state index is 13.4. The Hall–Kier alpha value is -3.48. The third kappa shape index (κ3) is 3.90. The third-order valence-electron chi connectivity index (χ3n) is 6.65. The van der Waals surface area contributed by atoms with Crippen molar-refractivity contribution in [3.05, 3.63) is 66.0 Å². The molecule has 2 aliphatic rings. The van der Waals surface area contributed by atoms with Crippen LogP contribution in [-0.2, 0) is 4.79 Å². The van der Waals surface area contributed by atoms with Gasteiger partial charge in [-0.3, -0.25) is 14.7 Å². The number of nitrogens with one attached hydrogen (secondary N) is 2. The SMILES string of the molecule is Cc1nc(-c2ccc(NC(=O)C3CC4CCCCC4N3C(=O)c3ccccc3)cc2)n[nH]1. The molecule has 2 fully saturated rings. The molecule has 2 heterocycles. The highest BCUT2D eigenvalue weighted by Gasteiger charge is 2.47. The summed E-state index contributed by atoms with van der Waals surface area (Å²) in [5.41, 5.74) is 2.22. The lowest BCUT2D eigenvalue weighted by Gasteiger charge is -2.33. The third-order valence-corrected chi connectivity index (χ3v) is 6.65. The van der Waals surface area contributed by atoms with Gasteiger partial charge >= 0.3 is 0 Å². The lowest BCUT2D eigenvalue weighted by atomic mass is 9.84. The normalized spacial score (nSPS) is 22.4. The van der Waals surface area contributed by atoms with Gasteiger partial charge in [0, 0.05) is 22.9 Å². The van der Waals surface area contributed by atoms with E-state index in [9.17, 15) is 9.59 Å². The molecule has 0 bridgehead atoms. The Kier molecular flexibility index (Phi) is 5.47. The van der Waals surface area contributed by atoms with E-state index in [0.29, 0.717) is 23.0 Å². The van der Waals surface area contributed by atoms with Crippen LogP contribution < -0.4 is 5.32 Å². The van der Waals surface area contributed by atoms with Crippen LogP contribution in [0.2, 0.25) is 0 Å². The lowest BCUT2D eigenvalue weighted by Crippen LogP contribution is -2.47. The van der Waals surface area contributed by atoms with Gasteiger partial charge in [0.15, 0.2) is 5.82 Å². The average molecular weight is 430 g/mol. The van der Waals surface area contributed by atoms with Crippen LogP contribution in [0.4, 0.5) is 5.69 Å². The van der Waals surface area contributed by atoms with Crippen molar-refractivity contribution in [1.29, 1.82) is 0 Å². The van der Waals surface area contributed by atoms with Crippen LogP contribution in [-0.4, -0.2) is 44.0 Å². The summed E-state index contributed by atoms with van der Waals surface area (Å²) < 4.78 is 0. The first-order valence-corrected chi connectivity index (χ1v) is 11.3. The van der Waals surface area contributed by atoms with Crippen molar-refractivity contribution in [2.24, 2.45) is 5.92 Å². The summed E-state index contributed by atoms with van der Waals surface area (Å²) in [6.45, 7) is 1.85. The molecule has 1 aliphatic heterocycles. The van der Waals surface area contributed by atoms with Crippen LogP contribution in [0.25, 0.3) is 11.4 Å². The molecule has 1 aliphatic carbocycles. The van der Waals surface area contributed by atoms with Crippen molar-refractivity contribution in [3.63, 3.8) is 0 Å². The molecule has 2 aromatic carbocycles. The van der Waals surface area contributed by atoms with Crippen LogP contribution in [0.15, 0.2) is 54.6 Å². The zero-order chi connectivity index (χ0) is 22.1. The molecule has 1 saturated carbocycles. The van der Waals surface area contributed by atoms with Crippen molar-refractivity contribution in [1.82, 2.24) is 20.1 Å². The average Bonchev–Trinajstić information content (AvgIpc) is 3.43. The maximum absolute atomic E-state index is 13.4. The maximum Gasteiger partial charge on any atom is 0.254 e. The van der Waals surface area contributed by atoms with Gasteiger partial charge in [-0.1, -0.05) is 31.0 Å². The number of aromatic nitrogens is 3. The van der Waals surface area contributed by atoms with Gasteiger partial charge in [-0.15, -0.1) is 0 Å². The molecule has 1 saturated heterocycles. The number of amides is 2. The lowest BCUT2D eigenvalue weighted by molar-refractivity contribution is -0.120. The quantitative estimate of drug-likeness (QED) is 0.651. The van der Waals surface area contributed by atoms with Crippen molar-refractivity contribution >= 4 is 17.5 Å². The zero-order valence-electron chi connectivity index (χ0n) is 18.1. The summed E-state index contributed by atoms with van der Waals surface area (Å²) >= 11 is 0. The van der Waals surface area contributed by atoms with Crippen molar-refractivity contribution in [3.8, 4) is 11.4 Å². The van der Waals surface area contributed by atoms with Crippen LogP contribution >= 0.6 is 0 Å². The Morgan fingerprint density at radius 3 is 2.50 bits per heavy atom. The fourth-order valence-corrected chi connectivity index (χ4v) is 5.12. The first kappa shape index (κ1) is 20.4. The minimum atomic E-state index is -0.453. The number of likely N-dealkylation sites (tertiary alicyclic amines) is 1. The zero-order valence-corrected chi connectivity index (χ0v) is 18.1. The molecule has 3 atom stereocenters. The second-order valence-electron chi connectivity index (χ2n) is 8.75. The number of benzene rings is 2. The highest BCUT2D eigenvalue weighted by atomic mass is 16.2. The molecule has 32 heavy (non-hydrogen) atoms. The number of fused-ring (bicyclic) bond motifs is 1. The smallest absolute Gasteiger partial charge is 0.254 e. The van der Waals surface area contributed by atoms with Gasteiger partial charge in [-0.2, -0.15) is 5.10 Å². The van der Waals surface area contributed by atoms with Gasteiger partial charge in [0.05, 0.1) is 0 Å². The van der Waals surface area contributed by atoms with E-state index >= 15 is 0 Å². The van der Waals surface area contributed by atoms with Gasteiger partial charge in [-0.25, -0.2) is 4.98 Å². The highest BCUT2D eigenvalue weighted by Crippen LogP contribution is 2.40. The van der Waals surface area contributed by atoms with Crippen LogP contribution in [0, 0.1) is 12.8 Å². The number of anilines is 1. The topological polar surface area (TPSA) is 91.0 Å². The van der Waals surface area contributed by atoms with Crippen molar-refractivity contribution in [2.75, 3.05) is 5.32 Å². The van der Waals surface area contributed by atoms with Gasteiger partial charge in [0.2, 0.25) is 5.91 Å². The molecule has 2 amide bonds. The number of aromatic amines is 1. The molecular weight excluding hydrogens is 402 g/mol. The molecule has 5 rings (SSSR count). The number of carbonyl (C=O) groups excluding carboxylic acids is 2. The molecule has 1 aromatic heterocycles. The largest absolute Gasteiger partial charge is 0.324 e. The molecule has 2 N–H and O–H groups in total. The Bertz CT molecular complexity index is 1110. The van der Waals surface area contributed by atoms with E-state index < -0.39 is 6.04 Å². The predicted molar refractivity (Wildman–Crippen MR) is 122 cm³/mol. The number of rotatable bonds is 4. The second kappa shape index (κ2) is 8.57. The van der Waals surface area contributed by atoms with Crippen LogP contribution in [0.1, 0.15) is 48.3 Å². The molecule has 7 heteroatoms. The first-order valence-electron chi connectivity index (χ1n) is 11.3. The highest BCUT2D eigenvalue weighted by molar-refractivity contribution is 6.02. The Morgan fingerprint density at radius 2 is 1.78 bits per heavy atom. The summed E-state index contributed by atoms with van der Waals surface area (Å²) in [5, 5.41) is 10.0. The first-order chi connectivity index (χ1) is 15.6. The summed E-state index contributed by atoms with van der Waals surface area (Å²) in [6, 6.07) is 16.5. The van der Waals surface area contributed by atoms with Gasteiger partial charge in [0.25, 0.3) is 5.91 Å². The minimum absolute atomic E-state index is 0.0459. The van der Waals surface area contributed by atoms with E-state index in [1.54, 1.807) is 0 Å². The predicted octanol–water partition coefficient (Wildman–Crippen LogP) is 4.19. The molecule has 3 unspecified atom stereocenters. The van der Waals surface area contributed by atoms with Gasteiger partial charge in [-0.05, 0) is 68.5 Å². The van der Waals surface area contributed by atoms with Gasteiger partial charge < -0.3 is 10.2 Å². The Labute approximate surface area is 187 Å². The van der Waals surface area contributed by atoms with E-state index in [1.165, 1.54) is 6.42 Å². The monoisotopic (exact) mass is 429 g/mol. The molecule has 7 nitrogen and oxygen atoms in total. The number of hydrogen-bond donors (Lipinski definition) is 2. The molecule has 164 valence electrons. The van der Waals surface area contributed by atoms with E-state index in [0.717, 1.165) is 37.1 Å². The number of aryl methyl sites for hydroxylation is 1. The number of nitrogens with zero attached hydrogens (tertiary/aromatic N) is 3. The van der Waals surface area contributed by atoms with E-state index in [4.69, 9.17) is 0 Å². The van der Waals surface area contributed by atoms with Crippen molar-refractivity contribution in [2.45, 2.75) is 51.1 Å². The van der Waals surface area contributed by atoms with Crippen LogP contribution in [0.3, 0.4) is 0 Å². The molecule has 0 radical (unpaired) electrons. The second-order valence-corrected chi connectivity index (χ2v) is 8.75. The molecule has 3 aromatic rings. The van der Waals surface area contributed by atoms with Crippen LogP contribution in [0.5, 0.6) is 0 Å².